The van der Waals surface area contributed by atoms with Gasteiger partial charge in [0.05, 0.1) is 13.2 Å². The Hall–Kier alpha value is 0.360. The molecule has 0 saturated carbocycles. The zero-order chi connectivity index (χ0) is 10.1. The van der Waals surface area contributed by atoms with Crippen molar-refractivity contribution in [2.24, 2.45) is 0 Å². The quantitative estimate of drug-likeness (QED) is 0.610. The summed E-state index contributed by atoms with van der Waals surface area (Å²) in [6.07, 6.45) is 0. The minimum atomic E-state index is 0.456. The van der Waals surface area contributed by atoms with Gasteiger partial charge >= 0.3 is 0 Å². The maximum absolute atomic E-state index is 5.11. The summed E-state index contributed by atoms with van der Waals surface area (Å²) in [6.45, 7) is 5.72. The van der Waals surface area contributed by atoms with Gasteiger partial charge in [0, 0.05) is 38.7 Å². The summed E-state index contributed by atoms with van der Waals surface area (Å²) in [5.41, 5.74) is 0. The summed E-state index contributed by atoms with van der Waals surface area (Å²) in [7, 11) is 3.46. The highest BCUT2D eigenvalue weighted by Crippen LogP contribution is 2.00. The molecule has 0 N–H and O–H groups in total. The van der Waals surface area contributed by atoms with E-state index in [9.17, 15) is 0 Å². The maximum atomic E-state index is 5.11. The highest BCUT2D eigenvalue weighted by Gasteiger charge is 2.11. The number of hydrogen-bond acceptors (Lipinski definition) is 3. The van der Waals surface area contributed by atoms with E-state index in [2.05, 4.69) is 27.8 Å². The molecule has 0 aromatic carbocycles. The number of alkyl halides is 1. The average molecular weight is 254 g/mol. The van der Waals surface area contributed by atoms with Crippen LogP contribution in [0.2, 0.25) is 0 Å². The van der Waals surface area contributed by atoms with Gasteiger partial charge in [0.15, 0.2) is 0 Å². The second-order valence-corrected chi connectivity index (χ2v) is 3.82. The van der Waals surface area contributed by atoms with Crippen molar-refractivity contribution in [3.8, 4) is 0 Å². The van der Waals surface area contributed by atoms with E-state index in [4.69, 9.17) is 9.47 Å². The number of methoxy groups -OCH3 is 2. The first-order valence-corrected chi connectivity index (χ1v) is 5.66. The summed E-state index contributed by atoms with van der Waals surface area (Å²) in [5.74, 6) is 0. The van der Waals surface area contributed by atoms with Crippen LogP contribution in [0.15, 0.2) is 0 Å². The van der Waals surface area contributed by atoms with Crippen LogP contribution >= 0.6 is 15.9 Å². The van der Waals surface area contributed by atoms with Crippen molar-refractivity contribution in [2.75, 3.05) is 45.9 Å². The Morgan fingerprint density at radius 3 is 2.38 bits per heavy atom. The molecule has 0 fully saturated rings. The Morgan fingerprint density at radius 2 is 1.92 bits per heavy atom. The molecule has 0 amide bonds. The van der Waals surface area contributed by atoms with Gasteiger partial charge in [-0.3, -0.25) is 4.90 Å². The molecule has 1 unspecified atom stereocenters. The van der Waals surface area contributed by atoms with Crippen molar-refractivity contribution >= 4 is 15.9 Å². The first kappa shape index (κ1) is 13.4. The van der Waals surface area contributed by atoms with Crippen LogP contribution in [-0.2, 0) is 9.47 Å². The molecule has 0 heterocycles. The molecule has 0 aliphatic rings. The van der Waals surface area contributed by atoms with Crippen molar-refractivity contribution < 1.29 is 9.47 Å². The van der Waals surface area contributed by atoms with Gasteiger partial charge in [-0.2, -0.15) is 0 Å². The number of hydrogen-bond donors (Lipinski definition) is 0. The van der Waals surface area contributed by atoms with Crippen LogP contribution < -0.4 is 0 Å². The summed E-state index contributed by atoms with van der Waals surface area (Å²) >= 11 is 3.44. The van der Waals surface area contributed by atoms with E-state index in [1.807, 2.05) is 0 Å². The van der Waals surface area contributed by atoms with E-state index in [0.29, 0.717) is 6.04 Å². The molecule has 0 aliphatic heterocycles. The first-order valence-electron chi connectivity index (χ1n) is 4.54. The molecule has 80 valence electrons. The molecule has 0 bridgehead atoms. The summed E-state index contributed by atoms with van der Waals surface area (Å²) in [6, 6.07) is 0.456. The van der Waals surface area contributed by atoms with E-state index < -0.39 is 0 Å². The average Bonchev–Trinajstić information content (AvgIpc) is 2.12. The standard InChI is InChI=1S/C9H20BrNO2/c1-9(8-13-3)11(5-4-10)6-7-12-2/h9H,4-8H2,1-3H3. The number of halogens is 1. The molecule has 0 aliphatic carbocycles. The van der Waals surface area contributed by atoms with Crippen LogP contribution in [0.1, 0.15) is 6.92 Å². The molecule has 0 spiro atoms. The van der Waals surface area contributed by atoms with Gasteiger partial charge < -0.3 is 9.47 Å². The van der Waals surface area contributed by atoms with E-state index in [-0.39, 0.29) is 0 Å². The second-order valence-electron chi connectivity index (χ2n) is 3.02. The zero-order valence-corrected chi connectivity index (χ0v) is 10.3. The molecule has 0 radical (unpaired) electrons. The van der Waals surface area contributed by atoms with Crippen LogP contribution in [0.5, 0.6) is 0 Å². The maximum Gasteiger partial charge on any atom is 0.0615 e. The Morgan fingerprint density at radius 1 is 1.23 bits per heavy atom. The molecule has 13 heavy (non-hydrogen) atoms. The molecular formula is C9H20BrNO2. The smallest absolute Gasteiger partial charge is 0.0615 e. The molecule has 4 heteroatoms. The molecule has 1 atom stereocenters. The Bertz CT molecular complexity index is 114. The minimum Gasteiger partial charge on any atom is -0.383 e. The van der Waals surface area contributed by atoms with E-state index >= 15 is 0 Å². The minimum absolute atomic E-state index is 0.456. The molecule has 3 nitrogen and oxygen atoms in total. The van der Waals surface area contributed by atoms with Crippen LogP contribution in [0.4, 0.5) is 0 Å². The largest absolute Gasteiger partial charge is 0.383 e. The fraction of sp³-hybridized carbons (Fsp3) is 1.00. The lowest BCUT2D eigenvalue weighted by molar-refractivity contribution is 0.0794. The van der Waals surface area contributed by atoms with Gasteiger partial charge in [0.2, 0.25) is 0 Å². The fourth-order valence-corrected chi connectivity index (χ4v) is 1.67. The normalized spacial score (nSPS) is 13.6. The SMILES string of the molecule is COCCN(CCBr)C(C)COC. The van der Waals surface area contributed by atoms with Crippen molar-refractivity contribution in [1.82, 2.24) is 4.90 Å². The molecule has 0 aromatic rings. The molecule has 0 aromatic heterocycles. The Kier molecular flexibility index (Phi) is 9.18. The van der Waals surface area contributed by atoms with Gasteiger partial charge in [0.25, 0.3) is 0 Å². The van der Waals surface area contributed by atoms with Crippen LogP contribution in [-0.4, -0.2) is 56.8 Å². The van der Waals surface area contributed by atoms with Gasteiger partial charge in [-0.15, -0.1) is 0 Å². The Balaban J connectivity index is 3.75. The summed E-state index contributed by atoms with van der Waals surface area (Å²) in [5, 5.41) is 0.991. The summed E-state index contributed by atoms with van der Waals surface area (Å²) in [4.78, 5) is 2.35. The number of rotatable bonds is 8. The third-order valence-electron chi connectivity index (χ3n) is 1.99. The van der Waals surface area contributed by atoms with Crippen LogP contribution in [0.25, 0.3) is 0 Å². The third-order valence-corrected chi connectivity index (χ3v) is 2.34. The van der Waals surface area contributed by atoms with Crippen molar-refractivity contribution in [3.63, 3.8) is 0 Å². The predicted octanol–water partition coefficient (Wildman–Crippen LogP) is 1.36. The van der Waals surface area contributed by atoms with Crippen LogP contribution in [0, 0.1) is 0 Å². The monoisotopic (exact) mass is 253 g/mol. The topological polar surface area (TPSA) is 21.7 Å². The fourth-order valence-electron chi connectivity index (χ4n) is 1.22. The highest BCUT2D eigenvalue weighted by atomic mass is 79.9. The van der Waals surface area contributed by atoms with Crippen LogP contribution in [0.3, 0.4) is 0 Å². The molecule has 0 saturated heterocycles. The third kappa shape index (κ3) is 6.43. The van der Waals surface area contributed by atoms with Crippen molar-refractivity contribution in [1.29, 1.82) is 0 Å². The Labute approximate surface area is 89.5 Å². The van der Waals surface area contributed by atoms with E-state index in [1.54, 1.807) is 14.2 Å². The van der Waals surface area contributed by atoms with Gasteiger partial charge in [0.1, 0.15) is 0 Å². The second kappa shape index (κ2) is 8.94. The zero-order valence-electron chi connectivity index (χ0n) is 8.75. The number of ether oxygens (including phenoxy) is 2. The van der Waals surface area contributed by atoms with Crippen molar-refractivity contribution in [2.45, 2.75) is 13.0 Å². The lowest BCUT2D eigenvalue weighted by atomic mass is 10.3. The van der Waals surface area contributed by atoms with E-state index in [0.717, 1.165) is 31.6 Å². The van der Waals surface area contributed by atoms with Gasteiger partial charge in [-0.1, -0.05) is 15.9 Å². The van der Waals surface area contributed by atoms with E-state index in [1.165, 1.54) is 0 Å². The molecule has 0 rings (SSSR count). The predicted molar refractivity (Wildman–Crippen MR) is 58.6 cm³/mol. The lowest BCUT2D eigenvalue weighted by Gasteiger charge is -2.27. The highest BCUT2D eigenvalue weighted by molar-refractivity contribution is 9.09. The van der Waals surface area contributed by atoms with Gasteiger partial charge in [-0.05, 0) is 6.92 Å². The van der Waals surface area contributed by atoms with Crippen molar-refractivity contribution in [3.05, 3.63) is 0 Å². The van der Waals surface area contributed by atoms with Gasteiger partial charge in [-0.25, -0.2) is 0 Å². The summed E-state index contributed by atoms with van der Waals surface area (Å²) < 4.78 is 10.2. The first-order chi connectivity index (χ1) is 6.26. The lowest BCUT2D eigenvalue weighted by Crippen LogP contribution is -2.39. The number of nitrogens with zero attached hydrogens (tertiary/aromatic N) is 1. The molecular weight excluding hydrogens is 234 g/mol.